The van der Waals surface area contributed by atoms with E-state index in [9.17, 15) is 52.4 Å². The highest BCUT2D eigenvalue weighted by Gasteiger charge is 2.26. The van der Waals surface area contributed by atoms with E-state index >= 15 is 0 Å². The zero-order valence-corrected chi connectivity index (χ0v) is 29.0. The van der Waals surface area contributed by atoms with E-state index in [4.69, 9.17) is 11.6 Å². The average Bonchev–Trinajstić information content (AvgIpc) is 3.02. The number of phenols is 1. The molecule has 0 bridgehead atoms. The molecule has 5 rings (SSSR count). The Morgan fingerprint density at radius 1 is 0.706 bits per heavy atom. The van der Waals surface area contributed by atoms with Crippen molar-refractivity contribution < 1.29 is 52.4 Å². The molecule has 266 valence electrons. The highest BCUT2D eigenvalue weighted by atomic mass is 35.5. The third-order valence-electron chi connectivity index (χ3n) is 6.59. The van der Waals surface area contributed by atoms with E-state index in [-0.39, 0.29) is 16.5 Å². The van der Waals surface area contributed by atoms with Gasteiger partial charge in [0.2, 0.25) is 17.2 Å². The summed E-state index contributed by atoms with van der Waals surface area (Å²) in [6, 6.07) is 12.2. The van der Waals surface area contributed by atoms with Gasteiger partial charge in [-0.05, 0) is 65.5 Å². The number of aromatic hydroxyl groups is 1. The normalized spacial score (nSPS) is 12.6. The largest absolute Gasteiger partial charge is 0.505 e. The van der Waals surface area contributed by atoms with Crippen molar-refractivity contribution in [2.75, 3.05) is 10.6 Å². The molecule has 0 radical (unpaired) electrons. The predicted octanol–water partition coefficient (Wildman–Crippen LogP) is 4.94. The van der Waals surface area contributed by atoms with Crippen LogP contribution in [0, 0.1) is 0 Å². The van der Waals surface area contributed by atoms with Crippen LogP contribution in [-0.4, -0.2) is 67.4 Å². The number of anilines is 4. The summed E-state index contributed by atoms with van der Waals surface area (Å²) in [5, 5.41) is 23.4. The monoisotopic (exact) mass is 797 g/mol. The van der Waals surface area contributed by atoms with Gasteiger partial charge in [0.1, 0.15) is 21.2 Å². The van der Waals surface area contributed by atoms with Crippen molar-refractivity contribution in [2.24, 2.45) is 10.2 Å². The molecule has 1 aromatic heterocycles. The van der Waals surface area contributed by atoms with Crippen LogP contribution in [0.5, 0.6) is 5.75 Å². The average molecular weight is 798 g/mol. The fourth-order valence-electron chi connectivity index (χ4n) is 4.42. The summed E-state index contributed by atoms with van der Waals surface area (Å²) < 4.78 is 127. The summed E-state index contributed by atoms with van der Waals surface area (Å²) in [6.07, 6.45) is 0. The van der Waals surface area contributed by atoms with Crippen LogP contribution in [0.4, 0.5) is 34.6 Å². The van der Waals surface area contributed by atoms with E-state index in [2.05, 4.69) is 42.4 Å². The molecule has 0 spiro atoms. The molecule has 0 aliphatic rings. The standard InChI is InChI=1S/C27H20ClN7O12S4/c1-2-48(37,38)16-7-5-6-15(12-16)29-26-31-25(28)32-27(33-26)30-19-13-17(49(39,40)41)10-14-11-21(51(45,46)47)23(24(36)22(14)19)35-34-18-8-3-4-9-20(18)50(42,43)44/h2-13,36H,1H2,(H,39,40,41)(H,42,43,44)(H,45,46,47)(H2,29,30,31,32,33). The minimum atomic E-state index is -5.28. The second-order valence-electron chi connectivity index (χ2n) is 9.97. The van der Waals surface area contributed by atoms with Gasteiger partial charge in [-0.15, -0.1) is 10.2 Å². The van der Waals surface area contributed by atoms with Crippen molar-refractivity contribution in [3.05, 3.63) is 84.0 Å². The van der Waals surface area contributed by atoms with E-state index in [1.54, 1.807) is 0 Å². The Labute approximate surface area is 293 Å². The van der Waals surface area contributed by atoms with Crippen molar-refractivity contribution in [3.8, 4) is 5.75 Å². The Kier molecular flexibility index (Phi) is 9.85. The lowest BCUT2D eigenvalue weighted by Gasteiger charge is -2.15. The quantitative estimate of drug-likeness (QED) is 0.0761. The fourth-order valence-corrected chi connectivity index (χ4v) is 7.16. The van der Waals surface area contributed by atoms with E-state index < -0.39 is 99.7 Å². The molecule has 0 saturated carbocycles. The molecule has 0 unspecified atom stereocenters. The number of fused-ring (bicyclic) bond motifs is 1. The Hall–Kier alpha value is -5.14. The van der Waals surface area contributed by atoms with Crippen LogP contribution >= 0.6 is 11.6 Å². The van der Waals surface area contributed by atoms with Gasteiger partial charge >= 0.3 is 0 Å². The first-order valence-electron chi connectivity index (χ1n) is 13.4. The van der Waals surface area contributed by atoms with Gasteiger partial charge in [0, 0.05) is 16.5 Å². The summed E-state index contributed by atoms with van der Waals surface area (Å²) in [5.41, 5.74) is -1.73. The first-order chi connectivity index (χ1) is 23.7. The maximum Gasteiger partial charge on any atom is 0.296 e. The molecule has 0 saturated heterocycles. The topological polar surface area (TPSA) is 305 Å². The molecule has 5 aromatic rings. The summed E-state index contributed by atoms with van der Waals surface area (Å²) in [4.78, 5) is 9.06. The molecule has 19 nitrogen and oxygen atoms in total. The fraction of sp³-hybridized carbons (Fsp3) is 0. The first kappa shape index (κ1) is 37.1. The number of phenolic OH excluding ortho intramolecular Hbond substituents is 1. The summed E-state index contributed by atoms with van der Waals surface area (Å²) >= 11 is 6.08. The number of nitrogens with one attached hydrogen (secondary N) is 2. The molecule has 4 aromatic carbocycles. The minimum absolute atomic E-state index is 0.122. The van der Waals surface area contributed by atoms with Gasteiger partial charge in [0.15, 0.2) is 15.6 Å². The predicted molar refractivity (Wildman–Crippen MR) is 181 cm³/mol. The van der Waals surface area contributed by atoms with Gasteiger partial charge in [-0.25, -0.2) is 8.42 Å². The van der Waals surface area contributed by atoms with Crippen LogP contribution in [-0.2, 0) is 40.2 Å². The van der Waals surface area contributed by atoms with E-state index in [0.717, 1.165) is 29.7 Å². The van der Waals surface area contributed by atoms with Crippen molar-refractivity contribution in [3.63, 3.8) is 0 Å². The number of sulfone groups is 1. The number of azo groups is 1. The molecule has 0 aliphatic carbocycles. The van der Waals surface area contributed by atoms with Crippen molar-refractivity contribution in [1.82, 2.24) is 15.0 Å². The second-order valence-corrected chi connectivity index (χ2v) is 16.4. The van der Waals surface area contributed by atoms with Gasteiger partial charge in [-0.1, -0.05) is 24.8 Å². The molecule has 51 heavy (non-hydrogen) atoms. The van der Waals surface area contributed by atoms with Crippen LogP contribution in [0.2, 0.25) is 5.28 Å². The van der Waals surface area contributed by atoms with Gasteiger partial charge in [-0.3, -0.25) is 13.7 Å². The highest BCUT2D eigenvalue weighted by Crippen LogP contribution is 2.46. The molecule has 0 aliphatic heterocycles. The van der Waals surface area contributed by atoms with E-state index in [1.807, 2.05) is 0 Å². The van der Waals surface area contributed by atoms with E-state index in [1.165, 1.54) is 36.4 Å². The minimum Gasteiger partial charge on any atom is -0.505 e. The summed E-state index contributed by atoms with van der Waals surface area (Å²) in [6.45, 7) is 3.27. The lowest BCUT2D eigenvalue weighted by atomic mass is 10.1. The van der Waals surface area contributed by atoms with Gasteiger partial charge < -0.3 is 15.7 Å². The Balaban J connectivity index is 1.69. The maximum atomic E-state index is 12.4. The molecule has 24 heteroatoms. The number of aromatic nitrogens is 3. The number of rotatable bonds is 11. The van der Waals surface area contributed by atoms with Crippen molar-refractivity contribution in [2.45, 2.75) is 19.6 Å². The van der Waals surface area contributed by atoms with Crippen molar-refractivity contribution >= 4 is 97.2 Å². The van der Waals surface area contributed by atoms with Gasteiger partial charge in [0.25, 0.3) is 30.4 Å². The molecular weight excluding hydrogens is 778 g/mol. The number of hydrogen-bond donors (Lipinski definition) is 6. The molecule has 1 heterocycles. The first-order valence-corrected chi connectivity index (χ1v) is 19.6. The van der Waals surface area contributed by atoms with Gasteiger partial charge in [0.05, 0.1) is 15.5 Å². The maximum absolute atomic E-state index is 12.4. The van der Waals surface area contributed by atoms with Crippen LogP contribution < -0.4 is 10.6 Å². The van der Waals surface area contributed by atoms with E-state index in [0.29, 0.717) is 6.07 Å². The van der Waals surface area contributed by atoms with Crippen LogP contribution in [0.1, 0.15) is 0 Å². The Bertz CT molecular complexity index is 2750. The smallest absolute Gasteiger partial charge is 0.296 e. The molecule has 0 fully saturated rings. The zero-order valence-electron chi connectivity index (χ0n) is 24.9. The molecular formula is C27H20ClN7O12S4. The SMILES string of the molecule is C=CS(=O)(=O)c1cccc(Nc2nc(Cl)nc(Nc3cc(S(=O)(=O)O)cc4cc(S(=O)(=O)O)c(N=Nc5ccccc5S(=O)(=O)O)c(O)c34)n2)c1. The Morgan fingerprint density at radius 2 is 1.35 bits per heavy atom. The van der Waals surface area contributed by atoms with Crippen LogP contribution in [0.15, 0.2) is 109 Å². The summed E-state index contributed by atoms with van der Waals surface area (Å²) in [7, 11) is -19.0. The zero-order chi connectivity index (χ0) is 37.5. The van der Waals surface area contributed by atoms with Gasteiger partial charge in [-0.2, -0.15) is 40.2 Å². The Morgan fingerprint density at radius 3 is 1.98 bits per heavy atom. The molecule has 6 N–H and O–H groups in total. The number of nitrogens with zero attached hydrogens (tertiary/aromatic N) is 5. The number of hydrogen-bond acceptors (Lipinski definition) is 16. The third-order valence-corrected chi connectivity index (χ3v) is 10.7. The second kappa shape index (κ2) is 13.5. The van der Waals surface area contributed by atoms with Crippen LogP contribution in [0.25, 0.3) is 10.8 Å². The molecule has 0 amide bonds. The number of benzene rings is 4. The lowest BCUT2D eigenvalue weighted by molar-refractivity contribution is 0.472. The lowest BCUT2D eigenvalue weighted by Crippen LogP contribution is -2.06. The molecule has 0 atom stereocenters. The summed E-state index contributed by atoms with van der Waals surface area (Å²) in [5.74, 6) is -1.79. The highest BCUT2D eigenvalue weighted by molar-refractivity contribution is 7.94. The number of halogens is 1. The van der Waals surface area contributed by atoms with Crippen LogP contribution in [0.3, 0.4) is 0 Å². The third kappa shape index (κ3) is 8.26. The van der Waals surface area contributed by atoms with Crippen molar-refractivity contribution in [1.29, 1.82) is 0 Å².